The monoisotopic (exact) mass is 318 g/mol. The van der Waals surface area contributed by atoms with E-state index in [0.717, 1.165) is 5.57 Å². The number of ether oxygens (including phenoxy) is 1. The Hall–Kier alpha value is -1.55. The Morgan fingerprint density at radius 1 is 1.22 bits per heavy atom. The Labute approximate surface area is 140 Å². The molecule has 0 saturated carbocycles. The van der Waals surface area contributed by atoms with Crippen LogP contribution < -0.4 is 0 Å². The standard InChI is InChI=1S/C18H27BO4/c1-10-14(16(20)21-9)15(11-13(4)12(2)3)19-22-17(5,6)18(7,8)23-19/h11-12H,1,4H2,2-3,5-9H3/b15-11+. The van der Waals surface area contributed by atoms with Crippen LogP contribution in [0.25, 0.3) is 0 Å². The molecule has 0 radical (unpaired) electrons. The Morgan fingerprint density at radius 2 is 1.70 bits per heavy atom. The van der Waals surface area contributed by atoms with Crippen LogP contribution in [-0.2, 0) is 18.8 Å². The van der Waals surface area contributed by atoms with Crippen molar-refractivity contribution >= 4 is 13.1 Å². The van der Waals surface area contributed by atoms with Gasteiger partial charge in [0.25, 0.3) is 0 Å². The highest BCUT2D eigenvalue weighted by Crippen LogP contribution is 2.40. The molecule has 0 atom stereocenters. The third kappa shape index (κ3) is 4.05. The van der Waals surface area contributed by atoms with Crippen LogP contribution >= 0.6 is 0 Å². The number of hydrogen-bond donors (Lipinski definition) is 0. The molecule has 4 nitrogen and oxygen atoms in total. The Balaban J connectivity index is 3.35. The molecule has 0 aliphatic carbocycles. The van der Waals surface area contributed by atoms with Gasteiger partial charge in [0.15, 0.2) is 0 Å². The first-order valence-electron chi connectivity index (χ1n) is 7.71. The van der Waals surface area contributed by atoms with Gasteiger partial charge in [0.1, 0.15) is 5.57 Å². The topological polar surface area (TPSA) is 44.8 Å². The van der Waals surface area contributed by atoms with E-state index in [0.29, 0.717) is 5.47 Å². The number of hydrogen-bond acceptors (Lipinski definition) is 4. The van der Waals surface area contributed by atoms with Gasteiger partial charge in [-0.05, 0) is 33.6 Å². The van der Waals surface area contributed by atoms with Crippen LogP contribution in [0.15, 0.2) is 41.6 Å². The van der Waals surface area contributed by atoms with Gasteiger partial charge in [-0.25, -0.2) is 4.79 Å². The van der Waals surface area contributed by atoms with Gasteiger partial charge in [-0.3, -0.25) is 0 Å². The fourth-order valence-electron chi connectivity index (χ4n) is 1.99. The minimum absolute atomic E-state index is 0.202. The molecular formula is C18H27BO4. The van der Waals surface area contributed by atoms with Gasteiger partial charge in [-0.15, -0.1) is 5.73 Å². The van der Waals surface area contributed by atoms with Crippen LogP contribution in [0.3, 0.4) is 0 Å². The zero-order chi connectivity index (χ0) is 18.0. The van der Waals surface area contributed by atoms with Crippen LogP contribution in [0.5, 0.6) is 0 Å². The van der Waals surface area contributed by atoms with E-state index in [1.54, 1.807) is 6.08 Å². The molecule has 1 rings (SSSR count). The maximum Gasteiger partial charge on any atom is 0.496 e. The van der Waals surface area contributed by atoms with Crippen molar-refractivity contribution in [1.29, 1.82) is 0 Å². The fraction of sp³-hybridized carbons (Fsp3) is 0.556. The van der Waals surface area contributed by atoms with Crippen LogP contribution in [-0.4, -0.2) is 31.4 Å². The molecule has 1 saturated heterocycles. The van der Waals surface area contributed by atoms with Crippen molar-refractivity contribution in [3.05, 3.63) is 41.6 Å². The highest BCUT2D eigenvalue weighted by molar-refractivity contribution is 6.57. The highest BCUT2D eigenvalue weighted by atomic mass is 16.7. The summed E-state index contributed by atoms with van der Waals surface area (Å²) in [5.41, 5.74) is 3.21. The summed E-state index contributed by atoms with van der Waals surface area (Å²) in [4.78, 5) is 12.1. The summed E-state index contributed by atoms with van der Waals surface area (Å²) < 4.78 is 16.9. The van der Waals surface area contributed by atoms with E-state index in [-0.39, 0.29) is 11.5 Å². The van der Waals surface area contributed by atoms with E-state index >= 15 is 0 Å². The first-order chi connectivity index (χ1) is 10.5. The molecule has 0 aromatic rings. The van der Waals surface area contributed by atoms with Gasteiger partial charge in [-0.1, -0.05) is 38.7 Å². The smallest absolute Gasteiger partial charge is 0.465 e. The second kappa shape index (κ2) is 6.92. The molecule has 23 heavy (non-hydrogen) atoms. The van der Waals surface area contributed by atoms with Crippen molar-refractivity contribution in [3.8, 4) is 0 Å². The van der Waals surface area contributed by atoms with Gasteiger partial charge in [0.2, 0.25) is 0 Å². The van der Waals surface area contributed by atoms with E-state index in [1.807, 2.05) is 41.5 Å². The molecule has 0 amide bonds. The average molecular weight is 318 g/mol. The second-order valence-electron chi connectivity index (χ2n) is 6.96. The summed E-state index contributed by atoms with van der Waals surface area (Å²) in [5.74, 6) is -0.311. The van der Waals surface area contributed by atoms with E-state index in [2.05, 4.69) is 18.9 Å². The Kier molecular flexibility index (Phi) is 5.87. The van der Waals surface area contributed by atoms with E-state index in [4.69, 9.17) is 14.0 Å². The first-order valence-corrected chi connectivity index (χ1v) is 7.71. The van der Waals surface area contributed by atoms with Gasteiger partial charge in [0, 0.05) is 5.47 Å². The van der Waals surface area contributed by atoms with Crippen molar-refractivity contribution in [2.75, 3.05) is 7.11 Å². The molecule has 0 bridgehead atoms. The van der Waals surface area contributed by atoms with E-state index in [9.17, 15) is 4.79 Å². The Morgan fingerprint density at radius 3 is 2.04 bits per heavy atom. The second-order valence-corrected chi connectivity index (χ2v) is 6.96. The highest BCUT2D eigenvalue weighted by Gasteiger charge is 2.53. The van der Waals surface area contributed by atoms with Crippen molar-refractivity contribution in [2.45, 2.75) is 52.7 Å². The van der Waals surface area contributed by atoms with Crippen molar-refractivity contribution in [1.82, 2.24) is 0 Å². The minimum Gasteiger partial charge on any atom is -0.465 e. The maximum absolute atomic E-state index is 12.1. The van der Waals surface area contributed by atoms with Crippen molar-refractivity contribution < 1.29 is 18.8 Å². The third-order valence-electron chi connectivity index (χ3n) is 4.44. The third-order valence-corrected chi connectivity index (χ3v) is 4.44. The minimum atomic E-state index is -0.709. The molecule has 5 heteroatoms. The summed E-state index contributed by atoms with van der Waals surface area (Å²) in [5, 5.41) is 0. The van der Waals surface area contributed by atoms with E-state index in [1.165, 1.54) is 7.11 Å². The number of carbonyl (C=O) groups is 1. The molecule has 0 unspecified atom stereocenters. The predicted molar refractivity (Wildman–Crippen MR) is 92.8 cm³/mol. The van der Waals surface area contributed by atoms with Crippen LogP contribution in [0, 0.1) is 5.92 Å². The molecule has 1 fully saturated rings. The lowest BCUT2D eigenvalue weighted by Gasteiger charge is -2.32. The molecule has 0 spiro atoms. The lowest BCUT2D eigenvalue weighted by molar-refractivity contribution is -0.135. The molecule has 126 valence electrons. The number of esters is 1. The van der Waals surface area contributed by atoms with Gasteiger partial charge < -0.3 is 14.0 Å². The molecule has 1 aliphatic heterocycles. The quantitative estimate of drug-likeness (QED) is 0.255. The van der Waals surface area contributed by atoms with Crippen LogP contribution in [0.2, 0.25) is 0 Å². The summed E-state index contributed by atoms with van der Waals surface area (Å²) in [6.07, 6.45) is 1.80. The molecule has 0 N–H and O–H groups in total. The summed E-state index contributed by atoms with van der Waals surface area (Å²) in [7, 11) is 0.609. The lowest BCUT2D eigenvalue weighted by atomic mass is 9.72. The number of allylic oxidation sites excluding steroid dienone is 2. The fourth-order valence-corrected chi connectivity index (χ4v) is 1.99. The molecule has 1 aliphatic rings. The SMILES string of the molecule is C=C=C(C(=O)OC)/C(=C\C(=C)C(C)C)B1OC(C)(C)C(C)(C)O1. The van der Waals surface area contributed by atoms with Crippen LogP contribution in [0.4, 0.5) is 0 Å². The predicted octanol–water partition coefficient (Wildman–Crippen LogP) is 3.64. The lowest BCUT2D eigenvalue weighted by Crippen LogP contribution is -2.41. The number of carbonyl (C=O) groups excluding carboxylic acids is 1. The van der Waals surface area contributed by atoms with Crippen molar-refractivity contribution in [2.24, 2.45) is 5.92 Å². The molecular weight excluding hydrogens is 291 g/mol. The van der Waals surface area contributed by atoms with Gasteiger partial charge in [0.05, 0.1) is 18.3 Å². The van der Waals surface area contributed by atoms with Gasteiger partial charge in [-0.2, -0.15) is 0 Å². The number of methoxy groups -OCH3 is 1. The largest absolute Gasteiger partial charge is 0.496 e. The zero-order valence-corrected chi connectivity index (χ0v) is 15.3. The summed E-state index contributed by atoms with van der Waals surface area (Å²) >= 11 is 0. The zero-order valence-electron chi connectivity index (χ0n) is 15.3. The number of rotatable bonds is 5. The van der Waals surface area contributed by atoms with Crippen molar-refractivity contribution in [3.63, 3.8) is 0 Å². The summed E-state index contributed by atoms with van der Waals surface area (Å²) in [6.45, 7) is 19.5. The molecule has 0 aromatic carbocycles. The normalized spacial score (nSPS) is 19.5. The van der Waals surface area contributed by atoms with Crippen LogP contribution in [0.1, 0.15) is 41.5 Å². The first kappa shape index (κ1) is 19.5. The molecule has 1 heterocycles. The van der Waals surface area contributed by atoms with E-state index < -0.39 is 24.3 Å². The maximum atomic E-state index is 12.1. The summed E-state index contributed by atoms with van der Waals surface area (Å²) in [6, 6.07) is 0. The average Bonchev–Trinajstić information content (AvgIpc) is 2.66. The molecule has 0 aromatic heterocycles. The van der Waals surface area contributed by atoms with Gasteiger partial charge >= 0.3 is 13.1 Å². The Bertz CT molecular complexity index is 562.